The molecule has 1 saturated heterocycles. The van der Waals surface area contributed by atoms with E-state index in [4.69, 9.17) is 11.6 Å². The Morgan fingerprint density at radius 1 is 1.09 bits per heavy atom. The van der Waals surface area contributed by atoms with Crippen molar-refractivity contribution in [3.63, 3.8) is 0 Å². The third-order valence-corrected chi connectivity index (χ3v) is 5.46. The number of carbonyl (C=O) groups excluding carboxylic acids is 2. The first-order chi connectivity index (χ1) is 11.0. The number of hydrogen-bond acceptors (Lipinski definition) is 4. The van der Waals surface area contributed by atoms with Crippen LogP contribution in [0.5, 0.6) is 0 Å². The summed E-state index contributed by atoms with van der Waals surface area (Å²) in [5.41, 5.74) is -0.0781. The first kappa shape index (κ1) is 14.4. The molecule has 2 fully saturated rings. The third kappa shape index (κ3) is 1.94. The Hall–Kier alpha value is -2.21. The lowest BCUT2D eigenvalue weighted by Gasteiger charge is -2.38. The summed E-state index contributed by atoms with van der Waals surface area (Å²) in [6.45, 7) is 0. The molecular formula is C16H13ClN2O4. The van der Waals surface area contributed by atoms with Gasteiger partial charge in [-0.3, -0.25) is 19.7 Å². The van der Waals surface area contributed by atoms with Gasteiger partial charge < -0.3 is 0 Å². The Kier molecular flexibility index (Phi) is 3.06. The number of non-ortho nitro benzene ring substituents is 1. The number of halogens is 1. The lowest BCUT2D eigenvalue weighted by Crippen LogP contribution is -2.38. The van der Waals surface area contributed by atoms with E-state index in [-0.39, 0.29) is 51.9 Å². The lowest BCUT2D eigenvalue weighted by molar-refractivity contribution is -0.384. The minimum absolute atomic E-state index is 0.0731. The summed E-state index contributed by atoms with van der Waals surface area (Å²) in [5, 5.41) is 11.1. The first-order valence-electron chi connectivity index (χ1n) is 7.49. The number of amides is 2. The highest BCUT2D eigenvalue weighted by atomic mass is 35.5. The van der Waals surface area contributed by atoms with Gasteiger partial charge in [-0.1, -0.05) is 23.8 Å². The van der Waals surface area contributed by atoms with E-state index in [1.54, 1.807) is 0 Å². The van der Waals surface area contributed by atoms with Gasteiger partial charge in [-0.05, 0) is 30.7 Å². The molecule has 0 N–H and O–H groups in total. The Labute approximate surface area is 136 Å². The van der Waals surface area contributed by atoms with Crippen molar-refractivity contribution in [3.05, 3.63) is 45.5 Å². The van der Waals surface area contributed by atoms with Crippen molar-refractivity contribution in [2.24, 2.45) is 23.7 Å². The molecule has 23 heavy (non-hydrogen) atoms. The number of hydrogen-bond donors (Lipinski definition) is 0. The van der Waals surface area contributed by atoms with Crippen molar-refractivity contribution in [1.29, 1.82) is 0 Å². The van der Waals surface area contributed by atoms with Crippen LogP contribution in [0.3, 0.4) is 0 Å². The maximum atomic E-state index is 12.8. The fourth-order valence-electron chi connectivity index (χ4n) is 4.10. The van der Waals surface area contributed by atoms with Crippen molar-refractivity contribution in [2.75, 3.05) is 4.90 Å². The van der Waals surface area contributed by atoms with Crippen LogP contribution in [0.1, 0.15) is 12.8 Å². The highest BCUT2D eigenvalue weighted by Crippen LogP contribution is 2.51. The number of nitro groups is 1. The van der Waals surface area contributed by atoms with Crippen molar-refractivity contribution < 1.29 is 14.5 Å². The second kappa shape index (κ2) is 4.89. The van der Waals surface area contributed by atoms with E-state index in [1.807, 2.05) is 12.2 Å². The zero-order chi connectivity index (χ0) is 16.3. The SMILES string of the molecule is O=C1[C@@H]2[C@@H](C(=O)N1c1cc([N+](=O)[O-])ccc1Cl)[C@@H]1C=C[C@@H]2CC1. The summed E-state index contributed by atoms with van der Waals surface area (Å²) in [7, 11) is 0. The fourth-order valence-corrected chi connectivity index (χ4v) is 4.30. The number of anilines is 1. The van der Waals surface area contributed by atoms with Crippen LogP contribution >= 0.6 is 11.6 Å². The standard InChI is InChI=1S/C16H13ClN2O4/c17-11-6-5-10(19(22)23)7-12(11)18-15(20)13-8-1-2-9(4-3-8)14(13)16(18)21/h1-2,5-9,13-14H,3-4H2/t8-,9-,13+,14+/m1/s1. The molecule has 4 atom stereocenters. The monoisotopic (exact) mass is 332 g/mol. The molecule has 1 saturated carbocycles. The normalized spacial score (nSPS) is 31.6. The van der Waals surface area contributed by atoms with Gasteiger partial charge in [0.1, 0.15) is 0 Å². The molecule has 2 amide bonds. The molecule has 1 aliphatic heterocycles. The number of allylic oxidation sites excluding steroid dienone is 2. The second-order valence-electron chi connectivity index (χ2n) is 6.25. The number of nitrogens with zero attached hydrogens (tertiary/aromatic N) is 2. The number of fused-ring (bicyclic) bond motifs is 1. The topological polar surface area (TPSA) is 80.5 Å². The van der Waals surface area contributed by atoms with Crippen molar-refractivity contribution in [2.45, 2.75) is 12.8 Å². The van der Waals surface area contributed by atoms with Crippen LogP contribution < -0.4 is 4.90 Å². The average molecular weight is 333 g/mol. The predicted molar refractivity (Wildman–Crippen MR) is 82.9 cm³/mol. The van der Waals surface area contributed by atoms with Gasteiger partial charge in [-0.15, -0.1) is 0 Å². The van der Waals surface area contributed by atoms with E-state index in [1.165, 1.54) is 18.2 Å². The molecule has 1 aromatic carbocycles. The average Bonchev–Trinajstić information content (AvgIpc) is 2.83. The third-order valence-electron chi connectivity index (χ3n) is 5.14. The number of rotatable bonds is 2. The molecule has 0 radical (unpaired) electrons. The number of benzene rings is 1. The van der Waals surface area contributed by atoms with Crippen molar-refractivity contribution in [3.8, 4) is 0 Å². The molecule has 6 nitrogen and oxygen atoms in total. The molecule has 1 aromatic rings. The van der Waals surface area contributed by atoms with Crippen LogP contribution in [-0.2, 0) is 9.59 Å². The molecule has 2 bridgehead atoms. The van der Waals surface area contributed by atoms with Crippen LogP contribution in [0, 0.1) is 33.8 Å². The smallest absolute Gasteiger partial charge is 0.271 e. The molecule has 118 valence electrons. The van der Waals surface area contributed by atoms with Gasteiger partial charge in [0.25, 0.3) is 5.69 Å². The highest BCUT2D eigenvalue weighted by molar-refractivity contribution is 6.36. The summed E-state index contributed by atoms with van der Waals surface area (Å²) in [6.07, 6.45) is 5.86. The molecule has 3 aliphatic carbocycles. The summed E-state index contributed by atoms with van der Waals surface area (Å²) in [5.74, 6) is -1.15. The summed E-state index contributed by atoms with van der Waals surface area (Å²) < 4.78 is 0. The van der Waals surface area contributed by atoms with E-state index < -0.39 is 4.92 Å². The van der Waals surface area contributed by atoms with E-state index in [9.17, 15) is 19.7 Å². The van der Waals surface area contributed by atoms with Crippen LogP contribution in [-0.4, -0.2) is 16.7 Å². The largest absolute Gasteiger partial charge is 0.274 e. The maximum Gasteiger partial charge on any atom is 0.271 e. The second-order valence-corrected chi connectivity index (χ2v) is 6.65. The van der Waals surface area contributed by atoms with Gasteiger partial charge in [0.05, 0.1) is 27.5 Å². The maximum absolute atomic E-state index is 12.8. The zero-order valence-electron chi connectivity index (χ0n) is 12.0. The Balaban J connectivity index is 1.79. The quantitative estimate of drug-likeness (QED) is 0.361. The summed E-state index contributed by atoms with van der Waals surface area (Å²) in [4.78, 5) is 37.1. The minimum atomic E-state index is -0.566. The molecule has 1 heterocycles. The van der Waals surface area contributed by atoms with Crippen molar-refractivity contribution >= 4 is 34.8 Å². The first-order valence-corrected chi connectivity index (χ1v) is 7.87. The van der Waals surface area contributed by atoms with E-state index >= 15 is 0 Å². The molecule has 4 aliphatic rings. The predicted octanol–water partition coefficient (Wildman–Crippen LogP) is 2.95. The minimum Gasteiger partial charge on any atom is -0.274 e. The van der Waals surface area contributed by atoms with Crippen molar-refractivity contribution in [1.82, 2.24) is 0 Å². The van der Waals surface area contributed by atoms with E-state index in [0.717, 1.165) is 17.7 Å². The van der Waals surface area contributed by atoms with E-state index in [2.05, 4.69) is 0 Å². The van der Waals surface area contributed by atoms with Crippen LogP contribution in [0.2, 0.25) is 5.02 Å². The van der Waals surface area contributed by atoms with Gasteiger partial charge in [0.15, 0.2) is 0 Å². The van der Waals surface area contributed by atoms with Gasteiger partial charge in [0, 0.05) is 12.1 Å². The van der Waals surface area contributed by atoms with E-state index in [0.29, 0.717) is 0 Å². The van der Waals surface area contributed by atoms with Gasteiger partial charge in [-0.2, -0.15) is 0 Å². The molecule has 0 spiro atoms. The Morgan fingerprint density at radius 2 is 1.65 bits per heavy atom. The van der Waals surface area contributed by atoms with Crippen LogP contribution in [0.15, 0.2) is 30.4 Å². The number of imide groups is 1. The van der Waals surface area contributed by atoms with Crippen LogP contribution in [0.4, 0.5) is 11.4 Å². The lowest BCUT2D eigenvalue weighted by atomic mass is 9.63. The van der Waals surface area contributed by atoms with Gasteiger partial charge >= 0.3 is 0 Å². The molecule has 5 rings (SSSR count). The zero-order valence-corrected chi connectivity index (χ0v) is 12.8. The molecule has 7 heteroatoms. The number of nitro benzene ring substituents is 1. The van der Waals surface area contributed by atoms with Gasteiger partial charge in [0.2, 0.25) is 11.8 Å². The Morgan fingerprint density at radius 3 is 2.13 bits per heavy atom. The summed E-state index contributed by atoms with van der Waals surface area (Å²) in [6, 6.07) is 3.81. The molecule has 0 aromatic heterocycles. The van der Waals surface area contributed by atoms with Crippen LogP contribution in [0.25, 0.3) is 0 Å². The number of carbonyl (C=O) groups is 2. The molecular weight excluding hydrogens is 320 g/mol. The highest BCUT2D eigenvalue weighted by Gasteiger charge is 2.57. The Bertz CT molecular complexity index is 743. The molecule has 0 unspecified atom stereocenters. The van der Waals surface area contributed by atoms with Gasteiger partial charge in [-0.25, -0.2) is 4.90 Å². The summed E-state index contributed by atoms with van der Waals surface area (Å²) >= 11 is 6.11. The fraction of sp³-hybridized carbons (Fsp3) is 0.375.